The molecule has 1 aliphatic heterocycles. The van der Waals surface area contributed by atoms with Gasteiger partial charge in [0.25, 0.3) is 0 Å². The van der Waals surface area contributed by atoms with E-state index in [-0.39, 0.29) is 24.5 Å². The first-order valence-corrected chi connectivity index (χ1v) is 14.3. The molecule has 6 N–H and O–H groups in total. The molecule has 2 aromatic carbocycles. The summed E-state index contributed by atoms with van der Waals surface area (Å²) in [7, 11) is 0. The molecule has 1 fully saturated rings. The van der Waals surface area contributed by atoms with E-state index in [1.165, 1.54) is 17.0 Å². The van der Waals surface area contributed by atoms with E-state index in [1.54, 1.807) is 23.9 Å². The van der Waals surface area contributed by atoms with Gasteiger partial charge in [-0.25, -0.2) is 4.79 Å². The third-order valence-corrected chi connectivity index (χ3v) is 7.34. The van der Waals surface area contributed by atoms with E-state index in [1.807, 2.05) is 36.6 Å². The minimum atomic E-state index is -1.25. The SMILES string of the molecule is CSCCC(N)C(=O)N1CCCC1C(=O)NC(Cc1ccccc1)C(=O)NC(Cc1ccc(O)cc1)C(=O)O. The Labute approximate surface area is 232 Å². The molecule has 2 aromatic rings. The van der Waals surface area contributed by atoms with Crippen LogP contribution in [0.15, 0.2) is 54.6 Å². The highest BCUT2D eigenvalue weighted by Gasteiger charge is 2.38. The van der Waals surface area contributed by atoms with E-state index < -0.39 is 42.0 Å². The number of carboxylic acid groups (broad SMARTS) is 1. The molecule has 4 unspecified atom stereocenters. The van der Waals surface area contributed by atoms with Crippen LogP contribution in [0, 0.1) is 0 Å². The topological polar surface area (TPSA) is 162 Å². The van der Waals surface area contributed by atoms with Crippen molar-refractivity contribution in [1.29, 1.82) is 0 Å². The van der Waals surface area contributed by atoms with Gasteiger partial charge in [0, 0.05) is 19.4 Å². The quantitative estimate of drug-likeness (QED) is 0.247. The summed E-state index contributed by atoms with van der Waals surface area (Å²) in [5.41, 5.74) is 7.47. The normalized spacial score (nSPS) is 17.2. The average molecular weight is 557 g/mol. The van der Waals surface area contributed by atoms with Crippen LogP contribution in [0.25, 0.3) is 0 Å². The average Bonchev–Trinajstić information content (AvgIpc) is 3.42. The van der Waals surface area contributed by atoms with Gasteiger partial charge in [-0.05, 0) is 54.5 Å². The molecule has 0 saturated carbocycles. The molecule has 39 heavy (non-hydrogen) atoms. The Morgan fingerprint density at radius 1 is 1.00 bits per heavy atom. The summed E-state index contributed by atoms with van der Waals surface area (Å²) >= 11 is 1.59. The van der Waals surface area contributed by atoms with E-state index in [0.29, 0.717) is 31.4 Å². The first-order valence-electron chi connectivity index (χ1n) is 12.9. The van der Waals surface area contributed by atoms with Gasteiger partial charge in [0.15, 0.2) is 0 Å². The number of likely N-dealkylation sites (tertiary alicyclic amines) is 1. The lowest BCUT2D eigenvalue weighted by molar-refractivity contribution is -0.143. The molecule has 210 valence electrons. The summed E-state index contributed by atoms with van der Waals surface area (Å²) in [6, 6.07) is 11.3. The number of phenolic OH excluding ortho intramolecular Hbond substituents is 1. The fraction of sp³-hybridized carbons (Fsp3) is 0.429. The molecule has 0 aliphatic carbocycles. The maximum Gasteiger partial charge on any atom is 0.326 e. The third kappa shape index (κ3) is 8.72. The highest BCUT2D eigenvalue weighted by Crippen LogP contribution is 2.20. The van der Waals surface area contributed by atoms with Crippen molar-refractivity contribution in [2.75, 3.05) is 18.6 Å². The van der Waals surface area contributed by atoms with Crippen molar-refractivity contribution in [2.45, 2.75) is 56.3 Å². The van der Waals surface area contributed by atoms with E-state index >= 15 is 0 Å². The number of aliphatic carboxylic acids is 1. The zero-order valence-electron chi connectivity index (χ0n) is 21.9. The van der Waals surface area contributed by atoms with Gasteiger partial charge in [-0.1, -0.05) is 42.5 Å². The molecule has 10 nitrogen and oxygen atoms in total. The maximum atomic E-state index is 13.4. The van der Waals surface area contributed by atoms with E-state index in [9.17, 15) is 29.4 Å². The molecule has 3 amide bonds. The number of aromatic hydroxyl groups is 1. The second kappa shape index (κ2) is 14.5. The van der Waals surface area contributed by atoms with Crippen LogP contribution in [-0.4, -0.2) is 81.5 Å². The number of nitrogens with zero attached hydrogens (tertiary/aromatic N) is 1. The molecular formula is C28H36N4O6S. The maximum absolute atomic E-state index is 13.4. The standard InChI is InChI=1S/C28H36N4O6S/c1-39-15-13-21(29)27(36)32-14-5-8-24(32)26(35)30-22(16-18-6-3-2-4-7-18)25(34)31-23(28(37)38)17-19-9-11-20(33)12-10-19/h2-4,6-7,9-12,21-24,33H,5,8,13-17,29H2,1H3,(H,30,35)(H,31,34)(H,37,38). The number of hydrogen-bond donors (Lipinski definition) is 5. The highest BCUT2D eigenvalue weighted by molar-refractivity contribution is 7.98. The van der Waals surface area contributed by atoms with Gasteiger partial charge in [-0.15, -0.1) is 0 Å². The zero-order valence-corrected chi connectivity index (χ0v) is 22.7. The first kappa shape index (κ1) is 30.0. The van der Waals surface area contributed by atoms with Crippen LogP contribution in [0.2, 0.25) is 0 Å². The molecule has 0 spiro atoms. The number of amides is 3. The molecule has 1 aliphatic rings. The number of thioether (sulfide) groups is 1. The lowest BCUT2D eigenvalue weighted by atomic mass is 10.0. The molecule has 0 bridgehead atoms. The van der Waals surface area contributed by atoms with Crippen LogP contribution < -0.4 is 16.4 Å². The molecule has 1 heterocycles. The van der Waals surface area contributed by atoms with Crippen molar-refractivity contribution in [1.82, 2.24) is 15.5 Å². The number of benzene rings is 2. The minimum Gasteiger partial charge on any atom is -0.508 e. The second-order valence-corrected chi connectivity index (χ2v) is 10.6. The minimum absolute atomic E-state index is 0.00774. The number of nitrogens with two attached hydrogens (primary N) is 1. The Hall–Kier alpha value is -3.57. The summed E-state index contributed by atoms with van der Waals surface area (Å²) in [6.45, 7) is 0.410. The Morgan fingerprint density at radius 3 is 2.28 bits per heavy atom. The van der Waals surface area contributed by atoms with Crippen molar-refractivity contribution < 1.29 is 29.4 Å². The molecule has 3 rings (SSSR count). The molecule has 4 atom stereocenters. The number of hydrogen-bond acceptors (Lipinski definition) is 7. The van der Waals surface area contributed by atoms with Crippen LogP contribution in [0.1, 0.15) is 30.4 Å². The molecule has 0 aromatic heterocycles. The van der Waals surface area contributed by atoms with Crippen molar-refractivity contribution >= 4 is 35.5 Å². The molecule has 11 heteroatoms. The number of rotatable bonds is 13. The van der Waals surface area contributed by atoms with Crippen LogP contribution in [-0.2, 0) is 32.0 Å². The molecule has 1 saturated heterocycles. The summed E-state index contributed by atoms with van der Waals surface area (Å²) in [5.74, 6) is -1.86. The van der Waals surface area contributed by atoms with Crippen LogP contribution in [0.4, 0.5) is 0 Å². The number of carbonyl (C=O) groups excluding carboxylic acids is 3. The summed E-state index contributed by atoms with van der Waals surface area (Å²) in [4.78, 5) is 53.1. The van der Waals surface area contributed by atoms with Crippen LogP contribution in [0.5, 0.6) is 5.75 Å². The molecular weight excluding hydrogens is 520 g/mol. The van der Waals surface area contributed by atoms with Gasteiger partial charge in [-0.2, -0.15) is 11.8 Å². The van der Waals surface area contributed by atoms with Crippen molar-refractivity contribution in [3.05, 3.63) is 65.7 Å². The monoisotopic (exact) mass is 556 g/mol. The summed E-state index contributed by atoms with van der Waals surface area (Å²) in [5, 5.41) is 24.6. The van der Waals surface area contributed by atoms with Gasteiger partial charge < -0.3 is 31.5 Å². The van der Waals surface area contributed by atoms with E-state index in [2.05, 4.69) is 10.6 Å². The predicted octanol–water partition coefficient (Wildman–Crippen LogP) is 1.30. The van der Waals surface area contributed by atoms with Crippen molar-refractivity contribution in [3.63, 3.8) is 0 Å². The Bertz CT molecular complexity index is 1130. The van der Waals surface area contributed by atoms with E-state index in [0.717, 1.165) is 11.3 Å². The summed E-state index contributed by atoms with van der Waals surface area (Å²) in [6.07, 6.45) is 3.65. The van der Waals surface area contributed by atoms with E-state index in [4.69, 9.17) is 5.73 Å². The fourth-order valence-corrected chi connectivity index (χ4v) is 5.04. The fourth-order valence-electron chi connectivity index (χ4n) is 4.55. The van der Waals surface area contributed by atoms with Crippen LogP contribution in [0.3, 0.4) is 0 Å². The second-order valence-electron chi connectivity index (χ2n) is 9.60. The zero-order chi connectivity index (χ0) is 28.4. The van der Waals surface area contributed by atoms with Crippen LogP contribution >= 0.6 is 11.8 Å². The number of carboxylic acids is 1. The highest BCUT2D eigenvalue weighted by atomic mass is 32.2. The van der Waals surface area contributed by atoms with Gasteiger partial charge in [0.05, 0.1) is 6.04 Å². The number of phenols is 1. The summed E-state index contributed by atoms with van der Waals surface area (Å²) < 4.78 is 0. The number of carbonyl (C=O) groups is 4. The van der Waals surface area contributed by atoms with Gasteiger partial charge in [0.1, 0.15) is 23.9 Å². The van der Waals surface area contributed by atoms with Crippen molar-refractivity contribution in [2.24, 2.45) is 5.73 Å². The Morgan fingerprint density at radius 2 is 1.64 bits per heavy atom. The molecule has 0 radical (unpaired) electrons. The predicted molar refractivity (Wildman–Crippen MR) is 149 cm³/mol. The lowest BCUT2D eigenvalue weighted by Gasteiger charge is -2.28. The van der Waals surface area contributed by atoms with Crippen molar-refractivity contribution in [3.8, 4) is 5.75 Å². The van der Waals surface area contributed by atoms with Gasteiger partial charge in [0.2, 0.25) is 17.7 Å². The van der Waals surface area contributed by atoms with Gasteiger partial charge >= 0.3 is 5.97 Å². The largest absolute Gasteiger partial charge is 0.508 e. The Kier molecular flexibility index (Phi) is 11.2. The third-order valence-electron chi connectivity index (χ3n) is 6.70. The lowest BCUT2D eigenvalue weighted by Crippen LogP contribution is -2.57. The van der Waals surface area contributed by atoms with Gasteiger partial charge in [-0.3, -0.25) is 14.4 Å². The first-order chi connectivity index (χ1) is 18.7. The number of nitrogens with one attached hydrogen (secondary N) is 2. The smallest absolute Gasteiger partial charge is 0.326 e. The Balaban J connectivity index is 1.75.